The van der Waals surface area contributed by atoms with Crippen LogP contribution in [0, 0.1) is 5.92 Å². The molecule has 3 aromatic carbocycles. The van der Waals surface area contributed by atoms with Crippen LogP contribution in [0.1, 0.15) is 74.9 Å². The summed E-state index contributed by atoms with van der Waals surface area (Å²) in [6, 6.07) is 20.1. The van der Waals surface area contributed by atoms with Crippen molar-refractivity contribution >= 4 is 28.4 Å². The van der Waals surface area contributed by atoms with Crippen molar-refractivity contribution in [3.8, 4) is 28.7 Å². The van der Waals surface area contributed by atoms with E-state index >= 15 is 0 Å². The van der Waals surface area contributed by atoms with E-state index in [0.717, 1.165) is 38.8 Å². The Morgan fingerprint density at radius 2 is 1.83 bits per heavy atom. The lowest BCUT2D eigenvalue weighted by atomic mass is 9.72. The molecule has 9 rings (SSSR count). The molecule has 1 unspecified atom stereocenters. The standard InChI is InChI=1S/C41H40N6O6/c1-5-40(50,6-2)38(49)44-29-18-22-15-16-30-26(17-22)41(25-12-8-10-14-28(25)45-39(41)52-30)34-33(47-37(53-34)32(21(3)4)46-35(29)48)36-43-20-31(51-36)24-19-42-27-13-9-7-11-23(24)27/h7-17,19-21,29,32,39,42,45,50H,5-6,18H2,1-4H3,(H,44,49)(H,46,48)/t29-,32-,39?,41-/m0/s1. The highest BCUT2D eigenvalue weighted by Crippen LogP contribution is 2.59. The first-order valence-corrected chi connectivity index (χ1v) is 18.2. The first-order valence-electron chi connectivity index (χ1n) is 18.2. The molecular formula is C41H40N6O6. The summed E-state index contributed by atoms with van der Waals surface area (Å²) in [7, 11) is 0. The van der Waals surface area contributed by atoms with Crippen molar-refractivity contribution in [2.75, 3.05) is 5.32 Å². The number of carbonyl (C=O) groups is 2. The lowest BCUT2D eigenvalue weighted by Gasteiger charge is -2.30. The molecule has 4 atom stereocenters. The zero-order chi connectivity index (χ0) is 36.6. The van der Waals surface area contributed by atoms with Gasteiger partial charge in [0.1, 0.15) is 28.8 Å². The number of nitrogens with one attached hydrogen (secondary N) is 4. The minimum atomic E-state index is -1.61. The number of carbonyl (C=O) groups excluding carboxylic acids is 2. The first-order chi connectivity index (χ1) is 25.6. The molecule has 3 aliphatic heterocycles. The smallest absolute Gasteiger partial charge is 0.252 e. The summed E-state index contributed by atoms with van der Waals surface area (Å²) < 4.78 is 20.2. The van der Waals surface area contributed by atoms with Gasteiger partial charge >= 0.3 is 0 Å². The number of hydrogen-bond donors (Lipinski definition) is 5. The molecule has 3 aromatic heterocycles. The second-order valence-electron chi connectivity index (χ2n) is 14.5. The SMILES string of the molecule is CCC(O)(CC)C(=O)N[C@H]1Cc2ccc3c(c2)[C@@]2(c4ccccc4NC2O3)c2oc(nc2-c2ncc(-c3c[nH]c4ccccc34)o2)[C@H](C(C)C)NC1=O. The summed E-state index contributed by atoms with van der Waals surface area (Å²) in [5.41, 5.74) is 2.98. The van der Waals surface area contributed by atoms with E-state index in [9.17, 15) is 14.7 Å². The number of rotatable bonds is 7. The van der Waals surface area contributed by atoms with E-state index in [1.165, 1.54) is 0 Å². The van der Waals surface area contributed by atoms with E-state index in [1.54, 1.807) is 20.0 Å². The van der Waals surface area contributed by atoms with Gasteiger partial charge in [0, 0.05) is 40.3 Å². The maximum absolute atomic E-state index is 14.2. The first kappa shape index (κ1) is 33.0. The van der Waals surface area contributed by atoms with Crippen molar-refractivity contribution in [1.82, 2.24) is 25.6 Å². The molecule has 0 aliphatic carbocycles. The Balaban J connectivity index is 1.26. The molecule has 6 aromatic rings. The van der Waals surface area contributed by atoms with E-state index in [2.05, 4.69) is 27.0 Å². The van der Waals surface area contributed by atoms with E-state index in [1.807, 2.05) is 80.7 Å². The summed E-state index contributed by atoms with van der Waals surface area (Å²) >= 11 is 0. The number of nitrogens with zero attached hydrogens (tertiary/aromatic N) is 2. The number of benzene rings is 3. The van der Waals surface area contributed by atoms with Crippen LogP contribution in [0.2, 0.25) is 0 Å². The molecule has 0 saturated heterocycles. The van der Waals surface area contributed by atoms with Gasteiger partial charge in [0.25, 0.3) is 5.91 Å². The highest BCUT2D eigenvalue weighted by Gasteiger charge is 2.61. The highest BCUT2D eigenvalue weighted by atomic mass is 16.5. The molecule has 6 heterocycles. The second kappa shape index (κ2) is 12.1. The highest BCUT2D eigenvalue weighted by molar-refractivity contribution is 5.94. The van der Waals surface area contributed by atoms with E-state index in [-0.39, 0.29) is 37.0 Å². The van der Waals surface area contributed by atoms with E-state index < -0.39 is 41.1 Å². The van der Waals surface area contributed by atoms with Gasteiger partial charge in [0.05, 0.1) is 6.20 Å². The Morgan fingerprint density at radius 1 is 1.04 bits per heavy atom. The molecule has 5 N–H and O–H groups in total. The number of aliphatic hydroxyl groups is 1. The van der Waals surface area contributed by atoms with Crippen molar-refractivity contribution in [3.63, 3.8) is 0 Å². The molecule has 0 saturated carbocycles. The third-order valence-electron chi connectivity index (χ3n) is 11.2. The summed E-state index contributed by atoms with van der Waals surface area (Å²) in [6.45, 7) is 7.43. The molecule has 53 heavy (non-hydrogen) atoms. The number of hydrogen-bond acceptors (Lipinski definition) is 9. The molecule has 0 radical (unpaired) electrons. The van der Waals surface area contributed by atoms with Gasteiger partial charge in [-0.2, -0.15) is 0 Å². The molecule has 270 valence electrons. The van der Waals surface area contributed by atoms with Crippen molar-refractivity contribution in [2.24, 2.45) is 5.92 Å². The predicted octanol–water partition coefficient (Wildman–Crippen LogP) is 6.36. The molecule has 0 fully saturated rings. The Kier molecular flexibility index (Phi) is 7.53. The van der Waals surface area contributed by atoms with Gasteiger partial charge in [-0.3, -0.25) is 9.59 Å². The molecule has 3 aliphatic rings. The fraction of sp³-hybridized carbons (Fsp3) is 0.317. The normalized spacial score (nSPS) is 21.6. The number of amides is 2. The summed E-state index contributed by atoms with van der Waals surface area (Å²) in [5.74, 6) is 0.986. The van der Waals surface area contributed by atoms with Crippen LogP contribution in [-0.2, 0) is 21.4 Å². The van der Waals surface area contributed by atoms with Gasteiger partial charge < -0.3 is 39.6 Å². The van der Waals surface area contributed by atoms with Crippen molar-refractivity contribution in [1.29, 1.82) is 0 Å². The van der Waals surface area contributed by atoms with E-state index in [4.69, 9.17) is 23.5 Å². The van der Waals surface area contributed by atoms with Crippen LogP contribution in [-0.4, -0.2) is 49.7 Å². The number of para-hydroxylation sites is 2. The Labute approximate surface area is 305 Å². The van der Waals surface area contributed by atoms with Crippen LogP contribution in [0.15, 0.2) is 88.0 Å². The van der Waals surface area contributed by atoms with Gasteiger partial charge in [-0.1, -0.05) is 76.2 Å². The van der Waals surface area contributed by atoms with Crippen LogP contribution in [0.4, 0.5) is 5.69 Å². The van der Waals surface area contributed by atoms with Crippen LogP contribution in [0.3, 0.4) is 0 Å². The number of ether oxygens (including phenoxy) is 1. The minimum absolute atomic E-state index is 0.169. The number of anilines is 1. The predicted molar refractivity (Wildman–Crippen MR) is 197 cm³/mol. The van der Waals surface area contributed by atoms with Crippen LogP contribution < -0.4 is 20.7 Å². The Hall–Kier alpha value is -5.88. The number of aromatic nitrogens is 3. The molecule has 12 nitrogen and oxygen atoms in total. The summed E-state index contributed by atoms with van der Waals surface area (Å²) in [6.07, 6.45) is 3.55. The molecule has 4 bridgehead atoms. The summed E-state index contributed by atoms with van der Waals surface area (Å²) in [4.78, 5) is 40.9. The van der Waals surface area contributed by atoms with Crippen LogP contribution >= 0.6 is 0 Å². The topological polar surface area (TPSA) is 168 Å². The van der Waals surface area contributed by atoms with Crippen LogP contribution in [0.25, 0.3) is 33.8 Å². The largest absolute Gasteiger partial charge is 0.469 e. The zero-order valence-corrected chi connectivity index (χ0v) is 29.8. The molecule has 2 amide bonds. The number of aromatic amines is 1. The third kappa shape index (κ3) is 4.92. The quantitative estimate of drug-likeness (QED) is 0.127. The van der Waals surface area contributed by atoms with Crippen molar-refractivity contribution < 1.29 is 28.3 Å². The number of H-pyrrole nitrogens is 1. The maximum atomic E-state index is 14.2. The van der Waals surface area contributed by atoms with Gasteiger partial charge in [-0.25, -0.2) is 9.97 Å². The molecular weight excluding hydrogens is 672 g/mol. The fourth-order valence-corrected chi connectivity index (χ4v) is 8.09. The lowest BCUT2D eigenvalue weighted by molar-refractivity contribution is -0.143. The summed E-state index contributed by atoms with van der Waals surface area (Å²) in [5, 5.41) is 21.7. The Morgan fingerprint density at radius 3 is 2.64 bits per heavy atom. The molecule has 12 heteroatoms. The maximum Gasteiger partial charge on any atom is 0.252 e. The number of fused-ring (bicyclic) bond motifs is 5. The average molecular weight is 713 g/mol. The minimum Gasteiger partial charge on any atom is -0.469 e. The zero-order valence-electron chi connectivity index (χ0n) is 29.8. The van der Waals surface area contributed by atoms with Gasteiger partial charge in [-0.05, 0) is 48.1 Å². The lowest BCUT2D eigenvalue weighted by Crippen LogP contribution is -2.55. The molecule has 1 spiro atoms. The van der Waals surface area contributed by atoms with Gasteiger partial charge in [-0.15, -0.1) is 0 Å². The monoisotopic (exact) mass is 712 g/mol. The van der Waals surface area contributed by atoms with Crippen molar-refractivity contribution in [3.05, 3.63) is 107 Å². The fourth-order valence-electron chi connectivity index (χ4n) is 8.09. The van der Waals surface area contributed by atoms with Crippen LogP contribution in [0.5, 0.6) is 5.75 Å². The van der Waals surface area contributed by atoms with E-state index in [0.29, 0.717) is 23.0 Å². The Bertz CT molecular complexity index is 2400. The van der Waals surface area contributed by atoms with Gasteiger partial charge in [0.2, 0.25) is 17.7 Å². The van der Waals surface area contributed by atoms with Crippen molar-refractivity contribution in [2.45, 2.75) is 76.3 Å². The number of oxazole rings is 2. The average Bonchev–Trinajstić information content (AvgIpc) is 3.99. The second-order valence-corrected chi connectivity index (χ2v) is 14.5. The van der Waals surface area contributed by atoms with Gasteiger partial charge in [0.15, 0.2) is 23.4 Å². The third-order valence-corrected chi connectivity index (χ3v) is 11.2.